The largest absolute Gasteiger partial charge is 0.382 e. The number of aromatic nitrogens is 4. The molecule has 0 atom stereocenters. The van der Waals surface area contributed by atoms with Gasteiger partial charge in [0.05, 0.1) is 0 Å². The number of nitrogens with one attached hydrogen (secondary N) is 2. The van der Waals surface area contributed by atoms with Crippen molar-refractivity contribution in [2.45, 2.75) is 6.92 Å². The van der Waals surface area contributed by atoms with E-state index in [4.69, 9.17) is 0 Å². The van der Waals surface area contributed by atoms with Crippen LogP contribution in [0.15, 0.2) is 6.33 Å². The first kappa shape index (κ1) is 6.85. The van der Waals surface area contributed by atoms with Crippen LogP contribution in [0.5, 0.6) is 0 Å². The number of nitrogens with zero attached hydrogens (tertiary/aromatic N) is 3. The Bertz CT molecular complexity index is 380. The van der Waals surface area contributed by atoms with Gasteiger partial charge in [-0.05, 0) is 6.92 Å². The van der Waals surface area contributed by atoms with Crippen molar-refractivity contribution in [3.63, 3.8) is 0 Å². The van der Waals surface area contributed by atoms with Crippen LogP contribution in [0.2, 0.25) is 0 Å². The maximum atomic E-state index is 4.04. The summed E-state index contributed by atoms with van der Waals surface area (Å²) in [7, 11) is 0. The van der Waals surface area contributed by atoms with E-state index in [9.17, 15) is 0 Å². The lowest BCUT2D eigenvalue weighted by atomic mass is 10.5. The van der Waals surface area contributed by atoms with Crippen LogP contribution in [-0.2, 0) is 0 Å². The molecule has 60 valence electrons. The van der Waals surface area contributed by atoms with E-state index in [0.717, 1.165) is 17.9 Å². The Morgan fingerprint density at radius 3 is 3.42 bits per heavy atom. The zero-order chi connectivity index (χ0) is 8.39. The molecule has 0 aliphatic carbocycles. The average molecular weight is 162 g/mol. The van der Waals surface area contributed by atoms with E-state index < -0.39 is 0 Å². The molecule has 5 heteroatoms. The lowest BCUT2D eigenvalue weighted by Gasteiger charge is -1.95. The predicted octanol–water partition coefficient (Wildman–Crippen LogP) is -0.210. The minimum Gasteiger partial charge on any atom is -0.365 e. The number of anilines is 1. The van der Waals surface area contributed by atoms with Crippen LogP contribution in [0, 0.1) is 6.33 Å². The molecule has 2 N–H and O–H groups in total. The average Bonchev–Trinajstić information content (AvgIpc) is 2.53. The first-order valence-electron chi connectivity index (χ1n) is 3.72. The van der Waals surface area contributed by atoms with Gasteiger partial charge in [0.25, 0.3) is 5.65 Å². The molecule has 2 aromatic heterocycles. The predicted molar refractivity (Wildman–Crippen MR) is 42.5 cm³/mol. The van der Waals surface area contributed by atoms with Crippen molar-refractivity contribution in [3.8, 4) is 0 Å². The molecule has 0 bridgehead atoms. The Labute approximate surface area is 69.3 Å². The summed E-state index contributed by atoms with van der Waals surface area (Å²) in [6.45, 7) is 2.82. The Hall–Kier alpha value is -1.83. The van der Waals surface area contributed by atoms with Gasteiger partial charge in [-0.1, -0.05) is 0 Å². The zero-order valence-corrected chi connectivity index (χ0v) is 6.63. The van der Waals surface area contributed by atoms with Crippen LogP contribution >= 0.6 is 0 Å². The molecule has 0 spiro atoms. The quantitative estimate of drug-likeness (QED) is 0.641. The summed E-state index contributed by atoms with van der Waals surface area (Å²) in [5.74, 6) is 0.750. The number of rotatable bonds is 2. The highest BCUT2D eigenvalue weighted by Gasteiger charge is 2.11. The van der Waals surface area contributed by atoms with Crippen molar-refractivity contribution in [3.05, 3.63) is 12.7 Å². The summed E-state index contributed by atoms with van der Waals surface area (Å²) in [4.78, 5) is 14.8. The molecule has 0 aromatic carbocycles. The highest BCUT2D eigenvalue weighted by molar-refractivity contribution is 5.77. The summed E-state index contributed by atoms with van der Waals surface area (Å²) in [6.07, 6.45) is 4.11. The molecule has 2 aromatic rings. The van der Waals surface area contributed by atoms with Crippen LogP contribution in [0.4, 0.5) is 5.82 Å². The van der Waals surface area contributed by atoms with Gasteiger partial charge in [0.15, 0.2) is 0 Å². The second-order valence-corrected chi connectivity index (χ2v) is 2.30. The summed E-state index contributed by atoms with van der Waals surface area (Å²) < 4.78 is 0. The first-order chi connectivity index (χ1) is 5.92. The van der Waals surface area contributed by atoms with Crippen LogP contribution in [-0.4, -0.2) is 21.5 Å². The van der Waals surface area contributed by atoms with Crippen LogP contribution in [0.1, 0.15) is 6.92 Å². The minimum atomic E-state index is 0.709. The van der Waals surface area contributed by atoms with E-state index >= 15 is 0 Å². The van der Waals surface area contributed by atoms with E-state index in [1.165, 1.54) is 6.33 Å². The van der Waals surface area contributed by atoms with Crippen LogP contribution < -0.4 is 10.3 Å². The molecule has 0 amide bonds. The van der Waals surface area contributed by atoms with Gasteiger partial charge in [-0.15, -0.1) is 4.98 Å². The molecule has 5 nitrogen and oxygen atoms in total. The molecule has 0 unspecified atom stereocenters. The molecular formula is C7H8N5+. The van der Waals surface area contributed by atoms with E-state index in [-0.39, 0.29) is 0 Å². The van der Waals surface area contributed by atoms with Crippen molar-refractivity contribution in [2.24, 2.45) is 0 Å². The standard InChI is InChI=1S/C7H7N5/c1-2-8-6-5-7(10-3-9-5)12-4-11-6/h4H,2H2,1H3,(H,8,11,12)/p+1. The Morgan fingerprint density at radius 2 is 2.58 bits per heavy atom. The normalized spacial score (nSPS) is 9.75. The number of hydrogen-bond acceptors (Lipinski definition) is 3. The third-order valence-corrected chi connectivity index (χ3v) is 1.51. The van der Waals surface area contributed by atoms with E-state index in [2.05, 4.69) is 31.6 Å². The molecule has 0 fully saturated rings. The molecule has 0 saturated heterocycles. The van der Waals surface area contributed by atoms with Gasteiger partial charge < -0.3 is 5.32 Å². The van der Waals surface area contributed by atoms with Crippen molar-refractivity contribution in [1.82, 2.24) is 15.0 Å². The van der Waals surface area contributed by atoms with Gasteiger partial charge in [0.2, 0.25) is 5.82 Å². The highest BCUT2D eigenvalue weighted by atomic mass is 15.1. The van der Waals surface area contributed by atoms with Gasteiger partial charge in [0.1, 0.15) is 6.33 Å². The molecule has 2 rings (SSSR count). The maximum absolute atomic E-state index is 4.04. The Balaban J connectivity index is 2.57. The molecule has 12 heavy (non-hydrogen) atoms. The Kier molecular flexibility index (Phi) is 1.52. The van der Waals surface area contributed by atoms with Gasteiger partial charge in [-0.25, -0.2) is 4.98 Å². The molecule has 0 radical (unpaired) electrons. The van der Waals surface area contributed by atoms with Gasteiger partial charge in [0, 0.05) is 6.54 Å². The monoisotopic (exact) mass is 162 g/mol. The molecule has 0 saturated carbocycles. The maximum Gasteiger partial charge on any atom is 0.382 e. The lowest BCUT2D eigenvalue weighted by Crippen LogP contribution is -2.03. The van der Waals surface area contributed by atoms with Crippen LogP contribution in [0.3, 0.4) is 0 Å². The molecule has 0 aliphatic rings. The number of H-pyrrole nitrogens is 1. The van der Waals surface area contributed by atoms with Gasteiger partial charge in [-0.2, -0.15) is 9.97 Å². The minimum absolute atomic E-state index is 0.709. The summed E-state index contributed by atoms with van der Waals surface area (Å²) in [6, 6.07) is 0. The fraction of sp³-hybridized carbons (Fsp3) is 0.286. The van der Waals surface area contributed by atoms with Crippen molar-refractivity contribution in [2.75, 3.05) is 11.9 Å². The fourth-order valence-corrected chi connectivity index (χ4v) is 1.01. The molecular weight excluding hydrogens is 154 g/mol. The van der Waals surface area contributed by atoms with E-state index in [1.807, 2.05) is 6.92 Å². The lowest BCUT2D eigenvalue weighted by molar-refractivity contribution is -0.257. The second-order valence-electron chi connectivity index (χ2n) is 2.30. The number of fused-ring (bicyclic) bond motifs is 1. The topological polar surface area (TPSA) is 67.7 Å². The Morgan fingerprint density at radius 1 is 1.67 bits per heavy atom. The van der Waals surface area contributed by atoms with Crippen molar-refractivity contribution >= 4 is 17.0 Å². The first-order valence-corrected chi connectivity index (χ1v) is 3.72. The number of aromatic amines is 1. The summed E-state index contributed by atoms with van der Waals surface area (Å²) >= 11 is 0. The van der Waals surface area contributed by atoms with Gasteiger partial charge in [-0.3, -0.25) is 0 Å². The van der Waals surface area contributed by atoms with Crippen molar-refractivity contribution in [1.29, 1.82) is 0 Å². The van der Waals surface area contributed by atoms with Crippen LogP contribution in [0.25, 0.3) is 11.2 Å². The summed E-state index contributed by atoms with van der Waals surface area (Å²) in [5.41, 5.74) is 1.44. The second kappa shape index (κ2) is 2.66. The molecule has 2 heterocycles. The highest BCUT2D eigenvalue weighted by Crippen LogP contribution is 2.09. The smallest absolute Gasteiger partial charge is 0.365 e. The SMILES string of the molecule is CCNc1ncnc2[nH]c#[n+]c12. The number of hydrogen-bond donors (Lipinski definition) is 2. The van der Waals surface area contributed by atoms with Gasteiger partial charge >= 0.3 is 11.8 Å². The third kappa shape index (κ3) is 0.937. The zero-order valence-electron chi connectivity index (χ0n) is 6.63. The summed E-state index contributed by atoms with van der Waals surface area (Å²) in [5, 5.41) is 3.08. The third-order valence-electron chi connectivity index (χ3n) is 1.51. The van der Waals surface area contributed by atoms with Crippen molar-refractivity contribution < 1.29 is 4.98 Å². The fourth-order valence-electron chi connectivity index (χ4n) is 1.01. The van der Waals surface area contributed by atoms with E-state index in [0.29, 0.717) is 5.65 Å². The van der Waals surface area contributed by atoms with E-state index in [1.54, 1.807) is 0 Å². The molecule has 0 aliphatic heterocycles.